The van der Waals surface area contributed by atoms with E-state index in [1.54, 1.807) is 24.3 Å². The maximum absolute atomic E-state index is 15.1. The van der Waals surface area contributed by atoms with E-state index in [0.717, 1.165) is 12.6 Å². The van der Waals surface area contributed by atoms with Crippen LogP contribution in [-0.2, 0) is 37.3 Å². The number of aryl methyl sites for hydroxylation is 1. The summed E-state index contributed by atoms with van der Waals surface area (Å²) in [6, 6.07) is 15.5. The number of hydrogen-bond acceptors (Lipinski definition) is 8. The highest BCUT2D eigenvalue weighted by Crippen LogP contribution is 2.57. The standard InChI is InChI=1S/C41H30F6N2O8/c1-21-5-7-22(8-6-21)19-38(35(54)56-37(2,3)57-36(38)55)20-23-9-13-26(14-10-23)49-33(52)28-16-12-25(18-30(28)34(49)53)39(40(42,43)44,41(45,46)47)24-11-15-27-29(17-24)32(51)48(4)31(27)50/h5-18H,19-20H2,1-4H3. The molecule has 1 fully saturated rings. The second kappa shape index (κ2) is 12.9. The molecule has 0 spiro atoms. The minimum absolute atomic E-state index is 0.0994. The quantitative estimate of drug-likeness (QED) is 0.0845. The zero-order chi connectivity index (χ0) is 41.6. The summed E-state index contributed by atoms with van der Waals surface area (Å²) < 4.78 is 101. The van der Waals surface area contributed by atoms with E-state index >= 15 is 26.3 Å². The summed E-state index contributed by atoms with van der Waals surface area (Å²) in [5, 5.41) is 0. The van der Waals surface area contributed by atoms with Crippen molar-refractivity contribution < 1.29 is 64.6 Å². The first-order valence-corrected chi connectivity index (χ1v) is 17.3. The van der Waals surface area contributed by atoms with Gasteiger partial charge in [-0.3, -0.25) is 33.7 Å². The van der Waals surface area contributed by atoms with Crippen molar-refractivity contribution in [2.24, 2.45) is 5.41 Å². The fourth-order valence-electron chi connectivity index (χ4n) is 7.55. The van der Waals surface area contributed by atoms with Crippen LogP contribution in [0.2, 0.25) is 0 Å². The van der Waals surface area contributed by atoms with Crippen LogP contribution in [0.25, 0.3) is 0 Å². The van der Waals surface area contributed by atoms with Crippen LogP contribution >= 0.6 is 0 Å². The Kier molecular flexibility index (Phi) is 8.78. The molecule has 3 heterocycles. The first-order chi connectivity index (χ1) is 26.5. The Labute approximate surface area is 319 Å². The maximum atomic E-state index is 15.1. The number of cyclic esters (lactones) is 2. The molecule has 0 unspecified atom stereocenters. The topological polar surface area (TPSA) is 127 Å². The monoisotopic (exact) mass is 792 g/mol. The lowest BCUT2D eigenvalue weighted by Crippen LogP contribution is -2.56. The van der Waals surface area contributed by atoms with Gasteiger partial charge < -0.3 is 9.47 Å². The van der Waals surface area contributed by atoms with Gasteiger partial charge in [0.05, 0.1) is 27.9 Å². The van der Waals surface area contributed by atoms with Gasteiger partial charge >= 0.3 is 24.3 Å². The summed E-state index contributed by atoms with van der Waals surface area (Å²) in [4.78, 5) is 80.4. The van der Waals surface area contributed by atoms with Crippen LogP contribution in [-0.4, -0.2) is 65.7 Å². The fourth-order valence-corrected chi connectivity index (χ4v) is 7.55. The maximum Gasteiger partial charge on any atom is 0.411 e. The van der Waals surface area contributed by atoms with Crippen molar-refractivity contribution in [1.82, 2.24) is 4.90 Å². The Morgan fingerprint density at radius 3 is 1.44 bits per heavy atom. The first kappa shape index (κ1) is 38.9. The van der Waals surface area contributed by atoms with E-state index in [1.807, 2.05) is 6.92 Å². The normalized spacial score (nSPS) is 17.8. The van der Waals surface area contributed by atoms with Crippen molar-refractivity contribution in [1.29, 1.82) is 0 Å². The van der Waals surface area contributed by atoms with E-state index in [9.17, 15) is 28.8 Å². The molecule has 0 saturated carbocycles. The Hall–Kier alpha value is -6.32. The summed E-state index contributed by atoms with van der Waals surface area (Å²) >= 11 is 0. The van der Waals surface area contributed by atoms with Gasteiger partial charge in [-0.25, -0.2) is 4.90 Å². The number of fused-ring (bicyclic) bond motifs is 2. The molecule has 16 heteroatoms. The number of ether oxygens (including phenoxy) is 2. The van der Waals surface area contributed by atoms with E-state index in [-0.39, 0.29) is 24.1 Å². The summed E-state index contributed by atoms with van der Waals surface area (Å²) in [5.41, 5.74) is -10.0. The molecule has 1 saturated heterocycles. The number of esters is 2. The minimum Gasteiger partial charge on any atom is -0.422 e. The van der Waals surface area contributed by atoms with Crippen molar-refractivity contribution in [3.05, 3.63) is 135 Å². The molecule has 0 atom stereocenters. The van der Waals surface area contributed by atoms with Crippen LogP contribution in [0, 0.1) is 12.3 Å². The molecule has 0 aliphatic carbocycles. The number of benzene rings is 4. The molecule has 0 radical (unpaired) electrons. The summed E-state index contributed by atoms with van der Waals surface area (Å²) in [6.07, 6.45) is -12.6. The molecule has 7 rings (SSSR count). The van der Waals surface area contributed by atoms with Crippen LogP contribution in [0.15, 0.2) is 84.9 Å². The predicted octanol–water partition coefficient (Wildman–Crippen LogP) is 7.04. The first-order valence-electron chi connectivity index (χ1n) is 17.3. The number of amides is 4. The van der Waals surface area contributed by atoms with Crippen molar-refractivity contribution in [2.75, 3.05) is 11.9 Å². The van der Waals surface area contributed by atoms with Gasteiger partial charge in [-0.2, -0.15) is 26.3 Å². The fraction of sp³-hybridized carbons (Fsp3) is 0.268. The van der Waals surface area contributed by atoms with Crippen LogP contribution in [0.3, 0.4) is 0 Å². The van der Waals surface area contributed by atoms with Gasteiger partial charge in [0.15, 0.2) is 5.41 Å². The molecular weight excluding hydrogens is 762 g/mol. The lowest BCUT2D eigenvalue weighted by atomic mass is 9.71. The molecule has 3 aliphatic rings. The summed E-state index contributed by atoms with van der Waals surface area (Å²) in [7, 11) is 1.03. The Morgan fingerprint density at radius 1 is 0.561 bits per heavy atom. The van der Waals surface area contributed by atoms with E-state index in [1.165, 1.54) is 38.1 Å². The number of alkyl halides is 6. The molecule has 4 aromatic rings. The zero-order valence-electron chi connectivity index (χ0n) is 30.4. The molecule has 0 bridgehead atoms. The smallest absolute Gasteiger partial charge is 0.411 e. The number of imide groups is 2. The average Bonchev–Trinajstić information content (AvgIpc) is 3.49. The third-order valence-electron chi connectivity index (χ3n) is 10.5. The van der Waals surface area contributed by atoms with Gasteiger partial charge in [-0.15, -0.1) is 0 Å². The number of anilines is 1. The highest BCUT2D eigenvalue weighted by atomic mass is 19.4. The second-order valence-corrected chi connectivity index (χ2v) is 14.6. The molecule has 4 amide bonds. The van der Waals surface area contributed by atoms with Gasteiger partial charge in [0.25, 0.3) is 29.4 Å². The molecule has 4 aromatic carbocycles. The molecule has 0 aromatic heterocycles. The van der Waals surface area contributed by atoms with E-state index in [4.69, 9.17) is 9.47 Å². The molecule has 294 valence electrons. The number of hydrogen-bond donors (Lipinski definition) is 0. The van der Waals surface area contributed by atoms with Crippen molar-refractivity contribution in [2.45, 2.75) is 57.2 Å². The van der Waals surface area contributed by atoms with E-state index in [0.29, 0.717) is 57.3 Å². The number of rotatable bonds is 7. The summed E-state index contributed by atoms with van der Waals surface area (Å²) in [6.45, 7) is 4.67. The second-order valence-electron chi connectivity index (χ2n) is 14.6. The van der Waals surface area contributed by atoms with Crippen LogP contribution in [0.5, 0.6) is 0 Å². The van der Waals surface area contributed by atoms with Gasteiger partial charge in [0, 0.05) is 20.9 Å². The SMILES string of the molecule is Cc1ccc(CC2(Cc3ccc(N4C(=O)c5ccc(C(c6ccc7c(c6)C(=O)N(C)C7=O)(C(F)(F)F)C(F)(F)F)cc5C4=O)cc3)C(=O)OC(C)(C)OC2=O)cc1. The van der Waals surface area contributed by atoms with Gasteiger partial charge in [-0.05, 0) is 78.4 Å². The van der Waals surface area contributed by atoms with Crippen LogP contribution in [0.1, 0.15) is 83.1 Å². The molecule has 57 heavy (non-hydrogen) atoms. The van der Waals surface area contributed by atoms with Gasteiger partial charge in [0.2, 0.25) is 5.41 Å². The van der Waals surface area contributed by atoms with E-state index in [2.05, 4.69) is 0 Å². The van der Waals surface area contributed by atoms with Crippen molar-refractivity contribution >= 4 is 41.3 Å². The minimum atomic E-state index is -6.11. The van der Waals surface area contributed by atoms with Crippen molar-refractivity contribution in [3.8, 4) is 0 Å². The summed E-state index contributed by atoms with van der Waals surface area (Å²) in [5.74, 6) is -7.49. The molecule has 0 N–H and O–H groups in total. The number of nitrogens with zero attached hydrogens (tertiary/aromatic N) is 2. The van der Waals surface area contributed by atoms with Crippen LogP contribution in [0.4, 0.5) is 32.0 Å². The lowest BCUT2D eigenvalue weighted by molar-refractivity contribution is -0.288. The lowest BCUT2D eigenvalue weighted by Gasteiger charge is -2.40. The van der Waals surface area contributed by atoms with Crippen molar-refractivity contribution in [3.63, 3.8) is 0 Å². The Balaban J connectivity index is 1.24. The number of halogens is 6. The van der Waals surface area contributed by atoms with E-state index < -0.39 is 92.4 Å². The average molecular weight is 793 g/mol. The van der Waals surface area contributed by atoms with Crippen LogP contribution < -0.4 is 4.90 Å². The largest absolute Gasteiger partial charge is 0.422 e. The zero-order valence-corrected chi connectivity index (χ0v) is 30.4. The highest BCUT2D eigenvalue weighted by Gasteiger charge is 2.73. The third-order valence-corrected chi connectivity index (χ3v) is 10.5. The number of carbonyl (C=O) groups is 6. The molecule has 3 aliphatic heterocycles. The van der Waals surface area contributed by atoms with Gasteiger partial charge in [-0.1, -0.05) is 54.1 Å². The Bertz CT molecular complexity index is 2390. The molecular formula is C41H30F6N2O8. The Morgan fingerprint density at radius 2 is 0.965 bits per heavy atom. The third kappa shape index (κ3) is 5.96. The molecule has 10 nitrogen and oxygen atoms in total. The van der Waals surface area contributed by atoms with Gasteiger partial charge in [0.1, 0.15) is 0 Å². The predicted molar refractivity (Wildman–Crippen MR) is 187 cm³/mol. The number of carbonyl (C=O) groups excluding carboxylic acids is 6. The highest BCUT2D eigenvalue weighted by molar-refractivity contribution is 6.34.